The monoisotopic (exact) mass is 247 g/mol. The molecule has 0 heterocycles. The molecule has 2 heteroatoms. The van der Waals surface area contributed by atoms with Crippen molar-refractivity contribution in [2.45, 2.75) is 38.5 Å². The summed E-state index contributed by atoms with van der Waals surface area (Å²) in [6, 6.07) is 8.46. The van der Waals surface area contributed by atoms with Gasteiger partial charge in [0.1, 0.15) is 5.75 Å². The number of hydrogen-bond donors (Lipinski definition) is 1. The van der Waals surface area contributed by atoms with Gasteiger partial charge in [-0.05, 0) is 43.4 Å². The molecule has 1 aromatic rings. The van der Waals surface area contributed by atoms with Crippen LogP contribution >= 0.6 is 0 Å². The van der Waals surface area contributed by atoms with Crippen molar-refractivity contribution in [1.82, 2.24) is 5.32 Å². The first-order valence-electron chi connectivity index (χ1n) is 7.06. The minimum Gasteiger partial charge on any atom is -0.496 e. The Hall–Kier alpha value is -1.02. The Morgan fingerprint density at radius 2 is 1.89 bits per heavy atom. The molecule has 1 aromatic carbocycles. The Morgan fingerprint density at radius 3 is 2.56 bits per heavy atom. The van der Waals surface area contributed by atoms with E-state index >= 15 is 0 Å². The van der Waals surface area contributed by atoms with E-state index in [-0.39, 0.29) is 0 Å². The predicted octanol–water partition coefficient (Wildman–Crippen LogP) is 3.41. The molecule has 100 valence electrons. The van der Waals surface area contributed by atoms with Crippen molar-refractivity contribution in [2.75, 3.05) is 20.7 Å². The van der Waals surface area contributed by atoms with Gasteiger partial charge in [-0.25, -0.2) is 0 Å². The summed E-state index contributed by atoms with van der Waals surface area (Å²) in [4.78, 5) is 0. The van der Waals surface area contributed by atoms with E-state index in [9.17, 15) is 0 Å². The number of para-hydroxylation sites is 1. The van der Waals surface area contributed by atoms with Crippen molar-refractivity contribution in [3.05, 3.63) is 29.8 Å². The van der Waals surface area contributed by atoms with Crippen LogP contribution in [-0.4, -0.2) is 20.7 Å². The van der Waals surface area contributed by atoms with Crippen molar-refractivity contribution < 1.29 is 4.74 Å². The zero-order valence-electron chi connectivity index (χ0n) is 11.7. The highest BCUT2D eigenvalue weighted by atomic mass is 16.5. The average molecular weight is 247 g/mol. The van der Waals surface area contributed by atoms with E-state index in [1.54, 1.807) is 7.11 Å². The minimum absolute atomic E-state index is 0.432. The zero-order chi connectivity index (χ0) is 12.8. The number of rotatable bonds is 5. The fourth-order valence-corrected chi connectivity index (χ4v) is 3.35. The SMILES string of the molecule is CNCC1(Cc2ccccc2OC)CCCCC1. The van der Waals surface area contributed by atoms with Gasteiger partial charge in [0, 0.05) is 6.54 Å². The van der Waals surface area contributed by atoms with E-state index in [1.165, 1.54) is 37.7 Å². The second-order valence-corrected chi connectivity index (χ2v) is 5.58. The highest BCUT2D eigenvalue weighted by Gasteiger charge is 2.32. The molecule has 1 aliphatic rings. The van der Waals surface area contributed by atoms with Crippen LogP contribution in [0.5, 0.6) is 5.75 Å². The van der Waals surface area contributed by atoms with Crippen molar-refractivity contribution in [1.29, 1.82) is 0 Å². The third kappa shape index (κ3) is 3.05. The van der Waals surface area contributed by atoms with Crippen molar-refractivity contribution in [3.63, 3.8) is 0 Å². The second-order valence-electron chi connectivity index (χ2n) is 5.58. The molecule has 0 spiro atoms. The third-order valence-corrected chi connectivity index (χ3v) is 4.22. The van der Waals surface area contributed by atoms with Gasteiger partial charge in [0.15, 0.2) is 0 Å². The lowest BCUT2D eigenvalue weighted by Crippen LogP contribution is -2.36. The molecule has 0 amide bonds. The van der Waals surface area contributed by atoms with Crippen LogP contribution in [0.2, 0.25) is 0 Å². The maximum absolute atomic E-state index is 5.49. The van der Waals surface area contributed by atoms with Crippen molar-refractivity contribution >= 4 is 0 Å². The maximum atomic E-state index is 5.49. The quantitative estimate of drug-likeness (QED) is 0.861. The van der Waals surface area contributed by atoms with Crippen LogP contribution in [0.3, 0.4) is 0 Å². The van der Waals surface area contributed by atoms with Gasteiger partial charge in [-0.2, -0.15) is 0 Å². The van der Waals surface area contributed by atoms with Gasteiger partial charge in [0.2, 0.25) is 0 Å². The van der Waals surface area contributed by atoms with Gasteiger partial charge in [-0.1, -0.05) is 37.5 Å². The third-order valence-electron chi connectivity index (χ3n) is 4.22. The maximum Gasteiger partial charge on any atom is 0.122 e. The van der Waals surface area contributed by atoms with Crippen molar-refractivity contribution in [3.8, 4) is 5.75 Å². The van der Waals surface area contributed by atoms with E-state index in [2.05, 4.69) is 30.6 Å². The molecule has 0 aromatic heterocycles. The van der Waals surface area contributed by atoms with Crippen LogP contribution in [0.15, 0.2) is 24.3 Å². The molecule has 18 heavy (non-hydrogen) atoms. The van der Waals surface area contributed by atoms with Crippen LogP contribution in [0, 0.1) is 5.41 Å². The summed E-state index contributed by atoms with van der Waals surface area (Å²) < 4.78 is 5.49. The lowest BCUT2D eigenvalue weighted by atomic mass is 9.70. The van der Waals surface area contributed by atoms with Gasteiger partial charge >= 0.3 is 0 Å². The molecule has 1 saturated carbocycles. The first-order chi connectivity index (χ1) is 8.79. The van der Waals surface area contributed by atoms with Gasteiger partial charge in [-0.3, -0.25) is 0 Å². The van der Waals surface area contributed by atoms with Crippen LogP contribution in [-0.2, 0) is 6.42 Å². The Kier molecular flexibility index (Phi) is 4.65. The van der Waals surface area contributed by atoms with Gasteiger partial charge in [0.05, 0.1) is 7.11 Å². The molecule has 1 N–H and O–H groups in total. The highest BCUT2D eigenvalue weighted by molar-refractivity contribution is 5.34. The Balaban J connectivity index is 2.17. The fourth-order valence-electron chi connectivity index (χ4n) is 3.35. The number of ether oxygens (including phenoxy) is 1. The number of methoxy groups -OCH3 is 1. The summed E-state index contributed by atoms with van der Waals surface area (Å²) in [5, 5.41) is 3.40. The smallest absolute Gasteiger partial charge is 0.122 e. The lowest BCUT2D eigenvalue weighted by molar-refractivity contribution is 0.183. The number of nitrogens with one attached hydrogen (secondary N) is 1. The zero-order valence-corrected chi connectivity index (χ0v) is 11.7. The normalized spacial score (nSPS) is 18.6. The largest absolute Gasteiger partial charge is 0.496 e. The summed E-state index contributed by atoms with van der Waals surface area (Å²) in [6.07, 6.45) is 7.96. The molecule has 0 bridgehead atoms. The summed E-state index contributed by atoms with van der Waals surface area (Å²) >= 11 is 0. The molecular weight excluding hydrogens is 222 g/mol. The lowest BCUT2D eigenvalue weighted by Gasteiger charge is -2.37. The molecule has 1 fully saturated rings. The summed E-state index contributed by atoms with van der Waals surface area (Å²) in [7, 11) is 3.84. The first-order valence-corrected chi connectivity index (χ1v) is 7.06. The van der Waals surface area contributed by atoms with E-state index < -0.39 is 0 Å². The summed E-state index contributed by atoms with van der Waals surface area (Å²) in [6.45, 7) is 1.12. The second kappa shape index (κ2) is 6.24. The Labute approximate surface area is 111 Å². The molecule has 0 unspecified atom stereocenters. The van der Waals surface area contributed by atoms with E-state index in [0.717, 1.165) is 18.7 Å². The van der Waals surface area contributed by atoms with Crippen LogP contribution in [0.1, 0.15) is 37.7 Å². The summed E-state index contributed by atoms with van der Waals surface area (Å²) in [5.41, 5.74) is 1.79. The van der Waals surface area contributed by atoms with Crippen LogP contribution < -0.4 is 10.1 Å². The van der Waals surface area contributed by atoms with E-state index in [1.807, 2.05) is 6.07 Å². The number of hydrogen-bond acceptors (Lipinski definition) is 2. The predicted molar refractivity (Wildman–Crippen MR) is 76.1 cm³/mol. The molecule has 1 aliphatic carbocycles. The Bertz CT molecular complexity index is 364. The first kappa shape index (κ1) is 13.4. The molecule has 2 rings (SSSR count). The topological polar surface area (TPSA) is 21.3 Å². The molecule has 0 radical (unpaired) electrons. The Morgan fingerprint density at radius 1 is 1.17 bits per heavy atom. The minimum atomic E-state index is 0.432. The molecular formula is C16H25NO. The van der Waals surface area contributed by atoms with Crippen LogP contribution in [0.25, 0.3) is 0 Å². The van der Waals surface area contributed by atoms with Crippen molar-refractivity contribution in [2.24, 2.45) is 5.41 Å². The van der Waals surface area contributed by atoms with Gasteiger partial charge < -0.3 is 10.1 Å². The molecule has 0 saturated heterocycles. The van der Waals surface area contributed by atoms with E-state index in [0.29, 0.717) is 5.41 Å². The van der Waals surface area contributed by atoms with Crippen LogP contribution in [0.4, 0.5) is 0 Å². The number of benzene rings is 1. The molecule has 0 atom stereocenters. The molecule has 2 nitrogen and oxygen atoms in total. The molecule has 0 aliphatic heterocycles. The fraction of sp³-hybridized carbons (Fsp3) is 0.625. The van der Waals surface area contributed by atoms with Gasteiger partial charge in [-0.15, -0.1) is 0 Å². The van der Waals surface area contributed by atoms with E-state index in [4.69, 9.17) is 4.74 Å². The standard InChI is InChI=1S/C16H25NO/c1-17-13-16(10-6-3-7-11-16)12-14-8-4-5-9-15(14)18-2/h4-5,8-9,17H,3,6-7,10-13H2,1-2H3. The highest BCUT2D eigenvalue weighted by Crippen LogP contribution is 2.40. The van der Waals surface area contributed by atoms with Gasteiger partial charge in [0.25, 0.3) is 0 Å². The summed E-state index contributed by atoms with van der Waals surface area (Å²) in [5.74, 6) is 1.04. The average Bonchev–Trinajstić information content (AvgIpc) is 2.40.